The van der Waals surface area contributed by atoms with Gasteiger partial charge in [-0.3, -0.25) is 5.01 Å². The van der Waals surface area contributed by atoms with Crippen LogP contribution in [0.1, 0.15) is 5.56 Å². The van der Waals surface area contributed by atoms with Crippen LogP contribution in [0, 0.1) is 0 Å². The Morgan fingerprint density at radius 1 is 1.25 bits per heavy atom. The van der Waals surface area contributed by atoms with Crippen LogP contribution in [0.5, 0.6) is 11.5 Å². The van der Waals surface area contributed by atoms with E-state index in [0.717, 1.165) is 13.1 Å². The molecule has 16 heavy (non-hydrogen) atoms. The van der Waals surface area contributed by atoms with Crippen molar-refractivity contribution in [2.24, 2.45) is 5.10 Å². The Kier molecular flexibility index (Phi) is 3.26. The number of rotatable bonds is 2. The quantitative estimate of drug-likeness (QED) is 0.573. The van der Waals surface area contributed by atoms with Crippen LogP contribution in [0.25, 0.3) is 0 Å². The second-order valence-electron chi connectivity index (χ2n) is 3.53. The molecule has 0 unspecified atom stereocenters. The summed E-state index contributed by atoms with van der Waals surface area (Å²) in [4.78, 5) is 0. The van der Waals surface area contributed by atoms with E-state index in [1.165, 1.54) is 6.07 Å². The van der Waals surface area contributed by atoms with E-state index in [-0.39, 0.29) is 11.5 Å². The Morgan fingerprint density at radius 3 is 2.75 bits per heavy atom. The molecule has 86 valence electrons. The normalized spacial score (nSPS) is 16.9. The van der Waals surface area contributed by atoms with Crippen molar-refractivity contribution < 1.29 is 14.9 Å². The van der Waals surface area contributed by atoms with Crippen LogP contribution in [-0.4, -0.2) is 47.7 Å². The third-order valence-corrected chi connectivity index (χ3v) is 2.39. The zero-order valence-corrected chi connectivity index (χ0v) is 8.83. The fourth-order valence-corrected chi connectivity index (χ4v) is 1.47. The summed E-state index contributed by atoms with van der Waals surface area (Å²) in [5.41, 5.74) is 0.506. The van der Waals surface area contributed by atoms with Crippen molar-refractivity contribution >= 4 is 6.21 Å². The second kappa shape index (κ2) is 4.85. The maximum atomic E-state index is 9.54. The second-order valence-corrected chi connectivity index (χ2v) is 3.53. The summed E-state index contributed by atoms with van der Waals surface area (Å²) in [6.45, 7) is 2.83. The van der Waals surface area contributed by atoms with Gasteiger partial charge in [-0.2, -0.15) is 5.10 Å². The average molecular weight is 222 g/mol. The first-order valence-corrected chi connectivity index (χ1v) is 5.15. The Balaban J connectivity index is 2.07. The molecule has 2 rings (SSSR count). The average Bonchev–Trinajstić information content (AvgIpc) is 2.32. The number of para-hydroxylation sites is 1. The van der Waals surface area contributed by atoms with Gasteiger partial charge in [0.25, 0.3) is 0 Å². The summed E-state index contributed by atoms with van der Waals surface area (Å²) >= 11 is 0. The molecule has 0 aliphatic carbocycles. The molecule has 0 bridgehead atoms. The number of hydrazone groups is 1. The van der Waals surface area contributed by atoms with Gasteiger partial charge < -0.3 is 14.9 Å². The minimum atomic E-state index is -0.139. The monoisotopic (exact) mass is 222 g/mol. The summed E-state index contributed by atoms with van der Waals surface area (Å²) in [6.07, 6.45) is 1.54. The van der Waals surface area contributed by atoms with E-state index in [1.807, 2.05) is 5.01 Å². The largest absolute Gasteiger partial charge is 0.504 e. The van der Waals surface area contributed by atoms with Gasteiger partial charge in [-0.05, 0) is 12.1 Å². The molecule has 0 amide bonds. The lowest BCUT2D eigenvalue weighted by atomic mass is 10.2. The van der Waals surface area contributed by atoms with Crippen LogP contribution < -0.4 is 0 Å². The van der Waals surface area contributed by atoms with Gasteiger partial charge in [0.05, 0.1) is 32.5 Å². The lowest BCUT2D eigenvalue weighted by Crippen LogP contribution is -2.32. The first-order valence-electron chi connectivity index (χ1n) is 5.15. The first kappa shape index (κ1) is 10.8. The summed E-state index contributed by atoms with van der Waals surface area (Å²) in [7, 11) is 0. The standard InChI is InChI=1S/C11H14N2O3/c14-10-3-1-2-9(11(10)15)8-12-13-4-6-16-7-5-13/h1-3,8,14-15H,4-7H2. The SMILES string of the molecule is Oc1cccc(C=NN2CCOCC2)c1O. The molecule has 0 aromatic heterocycles. The number of morpholine rings is 1. The van der Waals surface area contributed by atoms with Gasteiger partial charge in [0.1, 0.15) is 0 Å². The lowest BCUT2D eigenvalue weighted by Gasteiger charge is -2.23. The summed E-state index contributed by atoms with van der Waals surface area (Å²) < 4.78 is 5.19. The molecule has 1 aliphatic heterocycles. The number of aromatic hydroxyl groups is 2. The minimum absolute atomic E-state index is 0.133. The predicted molar refractivity (Wildman–Crippen MR) is 59.8 cm³/mol. The van der Waals surface area contributed by atoms with E-state index >= 15 is 0 Å². The molecule has 1 heterocycles. The summed E-state index contributed by atoms with van der Waals surface area (Å²) in [5, 5.41) is 24.9. The van der Waals surface area contributed by atoms with Crippen LogP contribution in [-0.2, 0) is 4.74 Å². The minimum Gasteiger partial charge on any atom is -0.504 e. The predicted octanol–water partition coefficient (Wildman–Crippen LogP) is 0.764. The summed E-state index contributed by atoms with van der Waals surface area (Å²) in [6, 6.07) is 4.79. The van der Waals surface area contributed by atoms with E-state index < -0.39 is 0 Å². The van der Waals surface area contributed by atoms with Crippen LogP contribution in [0.15, 0.2) is 23.3 Å². The van der Waals surface area contributed by atoms with E-state index in [2.05, 4.69) is 5.10 Å². The van der Waals surface area contributed by atoms with E-state index in [0.29, 0.717) is 18.8 Å². The van der Waals surface area contributed by atoms with Crippen molar-refractivity contribution in [2.45, 2.75) is 0 Å². The van der Waals surface area contributed by atoms with Gasteiger partial charge >= 0.3 is 0 Å². The highest BCUT2D eigenvalue weighted by Crippen LogP contribution is 2.26. The van der Waals surface area contributed by atoms with Crippen molar-refractivity contribution in [3.8, 4) is 11.5 Å². The van der Waals surface area contributed by atoms with Gasteiger partial charge in [0.15, 0.2) is 11.5 Å². The Hall–Kier alpha value is -1.75. The van der Waals surface area contributed by atoms with E-state index in [9.17, 15) is 10.2 Å². The number of phenolic OH excluding ortho intramolecular Hbond substituents is 2. The first-order chi connectivity index (χ1) is 7.77. The number of phenols is 2. The smallest absolute Gasteiger partial charge is 0.166 e. The Labute approximate surface area is 93.6 Å². The van der Waals surface area contributed by atoms with Crippen molar-refractivity contribution in [1.29, 1.82) is 0 Å². The maximum absolute atomic E-state index is 9.54. The summed E-state index contributed by atoms with van der Waals surface area (Å²) in [5.74, 6) is -0.273. The molecular weight excluding hydrogens is 208 g/mol. The highest BCUT2D eigenvalue weighted by Gasteiger charge is 2.07. The molecule has 5 nitrogen and oxygen atoms in total. The molecule has 0 atom stereocenters. The van der Waals surface area contributed by atoms with Crippen molar-refractivity contribution in [1.82, 2.24) is 5.01 Å². The van der Waals surface area contributed by atoms with Gasteiger partial charge in [-0.15, -0.1) is 0 Å². The number of benzene rings is 1. The molecule has 1 aromatic rings. The topological polar surface area (TPSA) is 65.3 Å². The molecule has 0 radical (unpaired) electrons. The van der Waals surface area contributed by atoms with Crippen molar-refractivity contribution in [2.75, 3.05) is 26.3 Å². The van der Waals surface area contributed by atoms with Gasteiger partial charge in [0, 0.05) is 5.56 Å². The molecule has 1 fully saturated rings. The molecular formula is C11H14N2O3. The molecule has 0 saturated carbocycles. The fourth-order valence-electron chi connectivity index (χ4n) is 1.47. The highest BCUT2D eigenvalue weighted by molar-refractivity contribution is 5.84. The van der Waals surface area contributed by atoms with Gasteiger partial charge in [0.2, 0.25) is 0 Å². The van der Waals surface area contributed by atoms with Gasteiger partial charge in [-0.1, -0.05) is 6.07 Å². The molecule has 2 N–H and O–H groups in total. The Bertz CT molecular complexity index is 387. The molecule has 5 heteroatoms. The Morgan fingerprint density at radius 2 is 2.00 bits per heavy atom. The number of nitrogens with zero attached hydrogens (tertiary/aromatic N) is 2. The maximum Gasteiger partial charge on any atom is 0.166 e. The third-order valence-electron chi connectivity index (χ3n) is 2.39. The van der Waals surface area contributed by atoms with Crippen LogP contribution in [0.3, 0.4) is 0 Å². The lowest BCUT2D eigenvalue weighted by molar-refractivity contribution is 0.0397. The van der Waals surface area contributed by atoms with Crippen molar-refractivity contribution in [3.63, 3.8) is 0 Å². The highest BCUT2D eigenvalue weighted by atomic mass is 16.5. The third kappa shape index (κ3) is 2.43. The van der Waals surface area contributed by atoms with Crippen molar-refractivity contribution in [3.05, 3.63) is 23.8 Å². The fraction of sp³-hybridized carbons (Fsp3) is 0.364. The van der Waals surface area contributed by atoms with Crippen LogP contribution in [0.2, 0.25) is 0 Å². The molecule has 1 saturated heterocycles. The van der Waals surface area contributed by atoms with Gasteiger partial charge in [-0.25, -0.2) is 0 Å². The van der Waals surface area contributed by atoms with E-state index in [4.69, 9.17) is 4.74 Å². The zero-order valence-electron chi connectivity index (χ0n) is 8.83. The van der Waals surface area contributed by atoms with E-state index in [1.54, 1.807) is 18.3 Å². The number of hydrogen-bond acceptors (Lipinski definition) is 5. The number of ether oxygens (including phenoxy) is 1. The zero-order chi connectivity index (χ0) is 11.4. The molecule has 0 spiro atoms. The molecule has 1 aliphatic rings. The molecule has 1 aromatic carbocycles. The number of hydrogen-bond donors (Lipinski definition) is 2. The van der Waals surface area contributed by atoms with Crippen LogP contribution >= 0.6 is 0 Å². The van der Waals surface area contributed by atoms with Crippen LogP contribution in [0.4, 0.5) is 0 Å².